The number of piperazine rings is 1. The van der Waals surface area contributed by atoms with E-state index in [1.165, 1.54) is 28.2 Å². The number of fused-ring (bicyclic) bond motifs is 1. The monoisotopic (exact) mass is 435 g/mol. The Morgan fingerprint density at radius 2 is 1.97 bits per heavy atom. The number of benzene rings is 2. The molecule has 2 aliphatic heterocycles. The lowest BCUT2D eigenvalue weighted by Crippen LogP contribution is -2.45. The lowest BCUT2D eigenvalue weighted by molar-refractivity contribution is -0.121. The molecule has 0 spiro atoms. The Bertz CT molecular complexity index is 1120. The van der Waals surface area contributed by atoms with Gasteiger partial charge in [-0.25, -0.2) is 4.39 Å². The molecule has 0 aliphatic carbocycles. The van der Waals surface area contributed by atoms with Gasteiger partial charge in [-0.3, -0.25) is 4.79 Å². The Morgan fingerprint density at radius 1 is 1.16 bits per heavy atom. The van der Waals surface area contributed by atoms with E-state index in [1.807, 2.05) is 17.9 Å². The minimum atomic E-state index is -0.174. The zero-order valence-electron chi connectivity index (χ0n) is 18.5. The summed E-state index contributed by atoms with van der Waals surface area (Å²) >= 11 is 0. The van der Waals surface area contributed by atoms with Crippen molar-refractivity contribution in [2.45, 2.75) is 38.3 Å². The average Bonchev–Trinajstić information content (AvgIpc) is 3.16. The number of nitrogens with one attached hydrogen (secondary N) is 1. The third kappa shape index (κ3) is 3.71. The van der Waals surface area contributed by atoms with Crippen molar-refractivity contribution < 1.29 is 13.9 Å². The van der Waals surface area contributed by atoms with Crippen molar-refractivity contribution in [2.24, 2.45) is 0 Å². The molecule has 5 nitrogen and oxygen atoms in total. The normalized spacial score (nSPS) is 20.1. The fraction of sp³-hybridized carbons (Fsp3) is 0.423. The van der Waals surface area contributed by atoms with Crippen molar-refractivity contribution >= 4 is 17.3 Å². The number of amides is 1. The molecule has 1 N–H and O–H groups in total. The number of para-hydroxylation sites is 1. The van der Waals surface area contributed by atoms with Crippen LogP contribution in [0.5, 0.6) is 0 Å². The number of hydrogen-bond donors (Lipinski definition) is 1. The highest BCUT2D eigenvalue weighted by molar-refractivity contribution is 5.87. The van der Waals surface area contributed by atoms with Gasteiger partial charge in [0.2, 0.25) is 6.41 Å². The predicted molar refractivity (Wildman–Crippen MR) is 123 cm³/mol. The van der Waals surface area contributed by atoms with Crippen molar-refractivity contribution in [3.05, 3.63) is 70.7 Å². The summed E-state index contributed by atoms with van der Waals surface area (Å²) in [6.07, 6.45) is 3.51. The molecule has 5 rings (SSSR count). The molecule has 1 atom stereocenters. The van der Waals surface area contributed by atoms with Crippen molar-refractivity contribution in [3.8, 4) is 0 Å². The van der Waals surface area contributed by atoms with Gasteiger partial charge in [0.05, 0.1) is 6.04 Å². The van der Waals surface area contributed by atoms with Gasteiger partial charge in [-0.05, 0) is 43.0 Å². The van der Waals surface area contributed by atoms with Crippen LogP contribution in [-0.2, 0) is 16.0 Å². The molecule has 0 radical (unpaired) electrons. The second-order valence-electron chi connectivity index (χ2n) is 8.85. The van der Waals surface area contributed by atoms with E-state index in [1.54, 1.807) is 6.07 Å². The Hall–Kier alpha value is -2.70. The summed E-state index contributed by atoms with van der Waals surface area (Å²) < 4.78 is 22.5. The van der Waals surface area contributed by atoms with E-state index >= 15 is 0 Å². The van der Waals surface area contributed by atoms with Crippen LogP contribution in [0.15, 0.2) is 42.5 Å². The number of rotatable bonds is 5. The van der Waals surface area contributed by atoms with Crippen molar-refractivity contribution in [1.82, 2.24) is 14.8 Å². The quantitative estimate of drug-likeness (QED) is 0.613. The molecule has 3 heterocycles. The Kier molecular flexibility index (Phi) is 5.98. The summed E-state index contributed by atoms with van der Waals surface area (Å²) in [5.41, 5.74) is 5.25. The largest absolute Gasteiger partial charge is 0.381 e. The van der Waals surface area contributed by atoms with Crippen LogP contribution in [0.2, 0.25) is 0 Å². The third-order valence-corrected chi connectivity index (χ3v) is 7.10. The van der Waals surface area contributed by atoms with Gasteiger partial charge in [0, 0.05) is 67.5 Å². The highest BCUT2D eigenvalue weighted by Crippen LogP contribution is 2.39. The molecule has 1 amide bonds. The Labute approximate surface area is 188 Å². The van der Waals surface area contributed by atoms with E-state index in [9.17, 15) is 9.18 Å². The summed E-state index contributed by atoms with van der Waals surface area (Å²) in [6, 6.07) is 14.1. The number of aromatic nitrogens is 1. The van der Waals surface area contributed by atoms with Crippen LogP contribution < -0.4 is 5.32 Å². The van der Waals surface area contributed by atoms with E-state index in [4.69, 9.17) is 4.74 Å². The van der Waals surface area contributed by atoms with Crippen LogP contribution >= 0.6 is 0 Å². The average molecular weight is 436 g/mol. The van der Waals surface area contributed by atoms with Gasteiger partial charge in [-0.15, -0.1) is 0 Å². The minimum Gasteiger partial charge on any atom is -0.381 e. The molecule has 3 aromatic rings. The fourth-order valence-electron chi connectivity index (χ4n) is 5.39. The lowest BCUT2D eigenvalue weighted by Gasteiger charge is -2.35. The smallest absolute Gasteiger partial charge is 0.210 e. The van der Waals surface area contributed by atoms with Crippen LogP contribution in [0.4, 0.5) is 4.39 Å². The van der Waals surface area contributed by atoms with Crippen LogP contribution in [0, 0.1) is 12.7 Å². The molecular weight excluding hydrogens is 405 g/mol. The zero-order chi connectivity index (χ0) is 22.1. The third-order valence-electron chi connectivity index (χ3n) is 7.10. The molecule has 2 fully saturated rings. The zero-order valence-corrected chi connectivity index (χ0v) is 18.5. The van der Waals surface area contributed by atoms with Crippen molar-refractivity contribution in [1.29, 1.82) is 0 Å². The Balaban J connectivity index is 1.74. The molecule has 32 heavy (non-hydrogen) atoms. The maximum Gasteiger partial charge on any atom is 0.210 e. The van der Waals surface area contributed by atoms with E-state index < -0.39 is 0 Å². The molecule has 1 unspecified atom stereocenters. The van der Waals surface area contributed by atoms with Crippen LogP contribution in [0.25, 0.3) is 10.9 Å². The maximum atomic E-state index is 14.4. The SMILES string of the molecule is Cc1c(F)cccc1Cc1c(C2CNCCN2C=O)c2ccccc2n1C1CCOCC1. The van der Waals surface area contributed by atoms with Crippen LogP contribution in [0.1, 0.15) is 47.3 Å². The first-order valence-corrected chi connectivity index (χ1v) is 11.5. The highest BCUT2D eigenvalue weighted by atomic mass is 19.1. The predicted octanol–water partition coefficient (Wildman–Crippen LogP) is 4.13. The summed E-state index contributed by atoms with van der Waals surface area (Å²) in [5, 5.41) is 4.66. The van der Waals surface area contributed by atoms with E-state index in [-0.39, 0.29) is 11.9 Å². The topological polar surface area (TPSA) is 46.5 Å². The number of carbonyl (C=O) groups excluding carboxylic acids is 1. The molecule has 2 aromatic carbocycles. The van der Waals surface area contributed by atoms with Gasteiger partial charge in [0.25, 0.3) is 0 Å². The molecule has 168 valence electrons. The molecule has 0 saturated carbocycles. The molecule has 0 bridgehead atoms. The molecule has 2 saturated heterocycles. The van der Waals surface area contributed by atoms with Gasteiger partial charge >= 0.3 is 0 Å². The minimum absolute atomic E-state index is 0.0453. The molecule has 6 heteroatoms. The first kappa shape index (κ1) is 21.2. The number of carbonyl (C=O) groups is 1. The van der Waals surface area contributed by atoms with E-state index in [0.717, 1.165) is 51.1 Å². The number of ether oxygens (including phenoxy) is 1. The van der Waals surface area contributed by atoms with Gasteiger partial charge in [0.15, 0.2) is 0 Å². The van der Waals surface area contributed by atoms with Gasteiger partial charge < -0.3 is 19.5 Å². The summed E-state index contributed by atoms with van der Waals surface area (Å²) in [7, 11) is 0. The highest BCUT2D eigenvalue weighted by Gasteiger charge is 2.32. The molecule has 2 aliphatic rings. The first-order chi connectivity index (χ1) is 15.7. The van der Waals surface area contributed by atoms with Gasteiger partial charge in [-0.1, -0.05) is 30.3 Å². The van der Waals surface area contributed by atoms with E-state index in [0.29, 0.717) is 24.6 Å². The second-order valence-corrected chi connectivity index (χ2v) is 8.85. The number of hydrogen-bond acceptors (Lipinski definition) is 3. The lowest BCUT2D eigenvalue weighted by atomic mass is 9.95. The first-order valence-electron chi connectivity index (χ1n) is 11.5. The van der Waals surface area contributed by atoms with Crippen LogP contribution in [0.3, 0.4) is 0 Å². The number of halogens is 1. The number of nitrogens with zero attached hydrogens (tertiary/aromatic N) is 2. The fourth-order valence-corrected chi connectivity index (χ4v) is 5.39. The van der Waals surface area contributed by atoms with Crippen LogP contribution in [-0.4, -0.2) is 48.7 Å². The van der Waals surface area contributed by atoms with Gasteiger partial charge in [0.1, 0.15) is 5.82 Å². The molecular formula is C26H30FN3O2. The summed E-state index contributed by atoms with van der Waals surface area (Å²) in [6.45, 7) is 5.55. The maximum absolute atomic E-state index is 14.4. The summed E-state index contributed by atoms with van der Waals surface area (Å²) in [5.74, 6) is -0.174. The summed E-state index contributed by atoms with van der Waals surface area (Å²) in [4.78, 5) is 13.9. The Morgan fingerprint density at radius 3 is 2.78 bits per heavy atom. The standard InChI is InChI=1S/C26H30FN3O2/c1-18-19(5-4-7-22(18)27)15-24-26(25-16-28-11-12-29(25)17-31)21-6-2-3-8-23(21)30(24)20-9-13-32-14-10-20/h2-8,17,20,25,28H,9-16H2,1H3. The van der Waals surface area contributed by atoms with Crippen molar-refractivity contribution in [2.75, 3.05) is 32.8 Å². The molecule has 1 aromatic heterocycles. The van der Waals surface area contributed by atoms with Gasteiger partial charge in [-0.2, -0.15) is 0 Å². The van der Waals surface area contributed by atoms with Crippen molar-refractivity contribution in [3.63, 3.8) is 0 Å². The van der Waals surface area contributed by atoms with E-state index in [2.05, 4.69) is 34.1 Å². The second kappa shape index (κ2) is 9.04.